The first-order chi connectivity index (χ1) is 12.4. The van der Waals surface area contributed by atoms with Gasteiger partial charge in [0.25, 0.3) is 0 Å². The van der Waals surface area contributed by atoms with Crippen molar-refractivity contribution in [3.05, 3.63) is 76.4 Å². The van der Waals surface area contributed by atoms with Crippen LogP contribution in [0.2, 0.25) is 0 Å². The average Bonchev–Trinajstić information content (AvgIpc) is 2.68. The molecule has 0 saturated carbocycles. The summed E-state index contributed by atoms with van der Waals surface area (Å²) in [5.41, 5.74) is 5.54. The molecule has 0 fully saturated rings. The summed E-state index contributed by atoms with van der Waals surface area (Å²) in [6.07, 6.45) is 7.27. The molecule has 138 valence electrons. The molecule has 0 aliphatic carbocycles. The van der Waals surface area contributed by atoms with Crippen molar-refractivity contribution in [1.82, 2.24) is 0 Å². The van der Waals surface area contributed by atoms with E-state index in [4.69, 9.17) is 4.74 Å². The smallest absolute Gasteiger partial charge is 0.338 e. The van der Waals surface area contributed by atoms with E-state index in [0.717, 1.165) is 30.4 Å². The predicted molar refractivity (Wildman–Crippen MR) is 110 cm³/mol. The second-order valence-corrected chi connectivity index (χ2v) is 7.10. The molecular weight excluding hydrogens is 320 g/mol. The maximum absolute atomic E-state index is 12.0. The minimum atomic E-state index is -0.294. The quantitative estimate of drug-likeness (QED) is 0.563. The third kappa shape index (κ3) is 4.43. The van der Waals surface area contributed by atoms with Crippen LogP contribution in [0.1, 0.15) is 66.2 Å². The van der Waals surface area contributed by atoms with Crippen LogP contribution in [0.5, 0.6) is 0 Å². The molecule has 0 radical (unpaired) electrons. The Balaban J connectivity index is 2.24. The Hall–Kier alpha value is -2.35. The zero-order valence-electron chi connectivity index (χ0n) is 16.6. The van der Waals surface area contributed by atoms with E-state index in [9.17, 15) is 4.79 Å². The molecule has 0 aliphatic rings. The van der Waals surface area contributed by atoms with Gasteiger partial charge in [0.05, 0.1) is 12.7 Å². The van der Waals surface area contributed by atoms with E-state index in [1.54, 1.807) is 0 Å². The lowest BCUT2D eigenvalue weighted by molar-refractivity contribution is 0.0600. The van der Waals surface area contributed by atoms with Gasteiger partial charge in [-0.05, 0) is 59.9 Å². The molecule has 0 aromatic heterocycles. The number of aryl methyl sites for hydroxylation is 1. The fourth-order valence-electron chi connectivity index (χ4n) is 3.23. The molecule has 0 heterocycles. The summed E-state index contributed by atoms with van der Waals surface area (Å²) in [6, 6.07) is 14.6. The van der Waals surface area contributed by atoms with Crippen LogP contribution in [0.25, 0.3) is 6.08 Å². The van der Waals surface area contributed by atoms with Crippen LogP contribution in [-0.4, -0.2) is 13.1 Å². The second-order valence-electron chi connectivity index (χ2n) is 7.10. The normalized spacial score (nSPS) is 11.7. The summed E-state index contributed by atoms with van der Waals surface area (Å²) >= 11 is 0. The van der Waals surface area contributed by atoms with E-state index in [2.05, 4.69) is 51.1 Å². The fraction of sp³-hybridized carbons (Fsp3) is 0.375. The number of hydrogen-bond donors (Lipinski definition) is 0. The lowest BCUT2D eigenvalue weighted by Gasteiger charge is -2.27. The number of ether oxygens (including phenoxy) is 1. The third-order valence-corrected chi connectivity index (χ3v) is 5.55. The Labute approximate surface area is 157 Å². The summed E-state index contributed by atoms with van der Waals surface area (Å²) in [5, 5.41) is 0. The molecule has 2 aromatic carbocycles. The molecule has 2 aromatic rings. The minimum Gasteiger partial charge on any atom is -0.465 e. The molecule has 0 atom stereocenters. The molecule has 2 nitrogen and oxygen atoms in total. The van der Waals surface area contributed by atoms with Gasteiger partial charge in [0.15, 0.2) is 0 Å². The molecule has 0 bridgehead atoms. The van der Waals surface area contributed by atoms with E-state index in [-0.39, 0.29) is 11.4 Å². The Bertz CT molecular complexity index is 783. The van der Waals surface area contributed by atoms with Gasteiger partial charge in [-0.1, -0.05) is 69.3 Å². The van der Waals surface area contributed by atoms with Crippen molar-refractivity contribution in [3.63, 3.8) is 0 Å². The first-order valence-corrected chi connectivity index (χ1v) is 9.39. The third-order valence-electron chi connectivity index (χ3n) is 5.55. The first kappa shape index (κ1) is 20.0. The van der Waals surface area contributed by atoms with E-state index >= 15 is 0 Å². The maximum Gasteiger partial charge on any atom is 0.338 e. The van der Waals surface area contributed by atoms with E-state index in [0.29, 0.717) is 5.56 Å². The Morgan fingerprint density at radius 3 is 2.46 bits per heavy atom. The van der Waals surface area contributed by atoms with Gasteiger partial charge in [-0.2, -0.15) is 0 Å². The number of benzene rings is 2. The average molecular weight is 351 g/mol. The van der Waals surface area contributed by atoms with E-state index in [1.165, 1.54) is 18.2 Å². The van der Waals surface area contributed by atoms with Gasteiger partial charge in [-0.3, -0.25) is 0 Å². The van der Waals surface area contributed by atoms with Crippen molar-refractivity contribution in [2.75, 3.05) is 7.11 Å². The second kappa shape index (κ2) is 8.84. The Morgan fingerprint density at radius 2 is 1.81 bits per heavy atom. The highest BCUT2D eigenvalue weighted by molar-refractivity contribution is 5.94. The van der Waals surface area contributed by atoms with Crippen LogP contribution >= 0.6 is 0 Å². The molecule has 0 unspecified atom stereocenters. The standard InChI is InChI=1S/C24H30O2/c1-6-24(4,7-2)20-14-9-12-19(17-20)13-10-15-21-18(3)11-8-16-22(21)23(25)26-5/h8-12,14-17H,6-7,13H2,1-5H3. The molecule has 0 spiro atoms. The number of rotatable bonds is 7. The largest absolute Gasteiger partial charge is 0.465 e. The van der Waals surface area contributed by atoms with E-state index < -0.39 is 0 Å². The van der Waals surface area contributed by atoms with Crippen molar-refractivity contribution in [1.29, 1.82) is 0 Å². The number of hydrogen-bond acceptors (Lipinski definition) is 2. The number of methoxy groups -OCH3 is 1. The predicted octanol–water partition coefficient (Wildman–Crippen LogP) is 6.12. The van der Waals surface area contributed by atoms with Crippen molar-refractivity contribution in [2.24, 2.45) is 0 Å². The zero-order valence-corrected chi connectivity index (χ0v) is 16.6. The SMILES string of the molecule is CCC(C)(CC)c1cccc(CC=Cc2c(C)cccc2C(=O)OC)c1. The molecule has 2 rings (SSSR count). The highest BCUT2D eigenvalue weighted by atomic mass is 16.5. The van der Waals surface area contributed by atoms with Gasteiger partial charge in [0, 0.05) is 0 Å². The van der Waals surface area contributed by atoms with Crippen molar-refractivity contribution < 1.29 is 9.53 Å². The van der Waals surface area contributed by atoms with Gasteiger partial charge in [0.1, 0.15) is 0 Å². The summed E-state index contributed by atoms with van der Waals surface area (Å²) in [4.78, 5) is 12.0. The van der Waals surface area contributed by atoms with Gasteiger partial charge in [0.2, 0.25) is 0 Å². The zero-order chi connectivity index (χ0) is 19.2. The van der Waals surface area contributed by atoms with Gasteiger partial charge in [-0.15, -0.1) is 0 Å². The highest BCUT2D eigenvalue weighted by Gasteiger charge is 2.22. The van der Waals surface area contributed by atoms with Gasteiger partial charge >= 0.3 is 5.97 Å². The topological polar surface area (TPSA) is 26.3 Å². The van der Waals surface area contributed by atoms with Gasteiger partial charge in [-0.25, -0.2) is 4.79 Å². The summed E-state index contributed by atoms with van der Waals surface area (Å²) < 4.78 is 4.90. The molecule has 0 N–H and O–H groups in total. The van der Waals surface area contributed by atoms with Crippen LogP contribution in [0, 0.1) is 6.92 Å². The molecule has 0 amide bonds. The Morgan fingerprint density at radius 1 is 1.12 bits per heavy atom. The number of esters is 1. The van der Waals surface area contributed by atoms with Crippen molar-refractivity contribution >= 4 is 12.0 Å². The number of carbonyl (C=O) groups is 1. The van der Waals surface area contributed by atoms with E-state index in [1.807, 2.05) is 31.2 Å². The molecular formula is C24H30O2. The monoisotopic (exact) mass is 350 g/mol. The minimum absolute atomic E-state index is 0.230. The van der Waals surface area contributed by atoms with Crippen LogP contribution in [0.3, 0.4) is 0 Å². The molecule has 26 heavy (non-hydrogen) atoms. The van der Waals surface area contributed by atoms with Crippen LogP contribution in [0.4, 0.5) is 0 Å². The number of allylic oxidation sites excluding steroid dienone is 1. The first-order valence-electron chi connectivity index (χ1n) is 9.39. The maximum atomic E-state index is 12.0. The van der Waals surface area contributed by atoms with Crippen LogP contribution in [0.15, 0.2) is 48.5 Å². The fourth-order valence-corrected chi connectivity index (χ4v) is 3.23. The van der Waals surface area contributed by atoms with Crippen LogP contribution in [-0.2, 0) is 16.6 Å². The van der Waals surface area contributed by atoms with Crippen molar-refractivity contribution in [2.45, 2.75) is 52.4 Å². The summed E-state index contributed by atoms with van der Waals surface area (Å²) in [7, 11) is 1.42. The number of carbonyl (C=O) groups excluding carboxylic acids is 1. The molecule has 2 heteroatoms. The lowest BCUT2D eigenvalue weighted by Crippen LogP contribution is -2.19. The molecule has 0 aliphatic heterocycles. The molecule has 0 saturated heterocycles. The summed E-state index contributed by atoms with van der Waals surface area (Å²) in [6.45, 7) is 8.85. The highest BCUT2D eigenvalue weighted by Crippen LogP contribution is 2.31. The van der Waals surface area contributed by atoms with Crippen LogP contribution < -0.4 is 0 Å². The van der Waals surface area contributed by atoms with Crippen molar-refractivity contribution in [3.8, 4) is 0 Å². The van der Waals surface area contributed by atoms with Gasteiger partial charge < -0.3 is 4.74 Å². The summed E-state index contributed by atoms with van der Waals surface area (Å²) in [5.74, 6) is -0.294. The lowest BCUT2D eigenvalue weighted by atomic mass is 9.77. The Kier molecular flexibility index (Phi) is 6.79.